The molecule has 0 spiro atoms. The first-order chi connectivity index (χ1) is 16.2. The van der Waals surface area contributed by atoms with E-state index in [-0.39, 0.29) is 6.42 Å². The Kier molecular flexibility index (Phi) is 10.1. The highest BCUT2D eigenvalue weighted by atomic mass is 16.4. The molecule has 0 fully saturated rings. The lowest BCUT2D eigenvalue weighted by molar-refractivity contribution is -0.137. The van der Waals surface area contributed by atoms with Gasteiger partial charge in [-0.2, -0.15) is 0 Å². The van der Waals surface area contributed by atoms with Crippen molar-refractivity contribution in [2.45, 2.75) is 77.6 Å². The Morgan fingerprint density at radius 3 is 1.73 bits per heavy atom. The monoisotopic (exact) mass is 444 g/mol. The van der Waals surface area contributed by atoms with Crippen LogP contribution >= 0.6 is 0 Å². The van der Waals surface area contributed by atoms with Crippen LogP contribution < -0.4 is 0 Å². The smallest absolute Gasteiger partial charge is 0.303 e. The molecule has 0 atom stereocenters. The fraction of sp³-hybridized carbons (Fsp3) is 0.414. The second-order valence-corrected chi connectivity index (χ2v) is 8.81. The summed E-state index contributed by atoms with van der Waals surface area (Å²) >= 11 is 0. The van der Waals surface area contributed by atoms with Gasteiger partial charge in [-0.05, 0) is 48.8 Å². The number of hydrogen-bond acceptors (Lipinski definition) is 3. The second-order valence-electron chi connectivity index (χ2n) is 8.81. The standard InChI is InChI=1S/C29H36N2O2/c1-2-3-4-5-7-10-24-15-19-26(20-16-24)29-30-21-27(22-31-29)25-17-13-23(14-18-25)11-8-6-9-12-28(32)33/h13-22H,2-12H2,1H3,(H,32,33). The van der Waals surface area contributed by atoms with Crippen LogP contribution in [0.25, 0.3) is 22.5 Å². The van der Waals surface area contributed by atoms with E-state index >= 15 is 0 Å². The number of carbonyl (C=O) groups is 1. The van der Waals surface area contributed by atoms with Crippen molar-refractivity contribution < 1.29 is 9.90 Å². The van der Waals surface area contributed by atoms with Crippen molar-refractivity contribution in [1.82, 2.24) is 9.97 Å². The van der Waals surface area contributed by atoms with E-state index in [9.17, 15) is 4.79 Å². The van der Waals surface area contributed by atoms with Crippen LogP contribution in [-0.2, 0) is 17.6 Å². The van der Waals surface area contributed by atoms with Gasteiger partial charge in [-0.15, -0.1) is 0 Å². The van der Waals surface area contributed by atoms with Crippen LogP contribution in [-0.4, -0.2) is 21.0 Å². The lowest BCUT2D eigenvalue weighted by atomic mass is 10.0. The average molecular weight is 445 g/mol. The van der Waals surface area contributed by atoms with Crippen molar-refractivity contribution in [2.75, 3.05) is 0 Å². The molecule has 0 aliphatic heterocycles. The molecule has 33 heavy (non-hydrogen) atoms. The Hall–Kier alpha value is -3.01. The fourth-order valence-corrected chi connectivity index (χ4v) is 4.03. The van der Waals surface area contributed by atoms with Gasteiger partial charge in [0.15, 0.2) is 5.82 Å². The fourth-order valence-electron chi connectivity index (χ4n) is 4.03. The largest absolute Gasteiger partial charge is 0.481 e. The third kappa shape index (κ3) is 8.45. The van der Waals surface area contributed by atoms with Gasteiger partial charge in [-0.25, -0.2) is 9.97 Å². The summed E-state index contributed by atoms with van der Waals surface area (Å²) in [6.07, 6.45) is 15.4. The molecule has 1 N–H and O–H groups in total. The molecule has 0 amide bonds. The number of carboxylic acid groups (broad SMARTS) is 1. The van der Waals surface area contributed by atoms with Gasteiger partial charge in [-0.3, -0.25) is 4.79 Å². The summed E-state index contributed by atoms with van der Waals surface area (Å²) < 4.78 is 0. The zero-order valence-corrected chi connectivity index (χ0v) is 19.8. The van der Waals surface area contributed by atoms with Crippen LogP contribution in [0, 0.1) is 0 Å². The molecular formula is C29H36N2O2. The summed E-state index contributed by atoms with van der Waals surface area (Å²) in [4.78, 5) is 19.8. The lowest BCUT2D eigenvalue weighted by Gasteiger charge is -2.06. The number of rotatable bonds is 14. The van der Waals surface area contributed by atoms with Crippen molar-refractivity contribution in [3.05, 3.63) is 72.1 Å². The van der Waals surface area contributed by atoms with Gasteiger partial charge in [0.25, 0.3) is 0 Å². The Morgan fingerprint density at radius 1 is 0.667 bits per heavy atom. The molecule has 0 bridgehead atoms. The van der Waals surface area contributed by atoms with Crippen LogP contribution in [0.4, 0.5) is 0 Å². The van der Waals surface area contributed by atoms with E-state index < -0.39 is 5.97 Å². The SMILES string of the molecule is CCCCCCCc1ccc(-c2ncc(-c3ccc(CCCCCC(=O)O)cc3)cn2)cc1. The molecule has 0 aliphatic rings. The van der Waals surface area contributed by atoms with Crippen LogP contribution in [0.15, 0.2) is 60.9 Å². The molecule has 3 aromatic rings. The molecule has 3 rings (SSSR count). The third-order valence-corrected chi connectivity index (χ3v) is 6.08. The van der Waals surface area contributed by atoms with Gasteiger partial charge < -0.3 is 5.11 Å². The second kappa shape index (κ2) is 13.5. The van der Waals surface area contributed by atoms with E-state index in [1.807, 2.05) is 12.4 Å². The van der Waals surface area contributed by atoms with E-state index in [4.69, 9.17) is 5.11 Å². The number of aromatic nitrogens is 2. The third-order valence-electron chi connectivity index (χ3n) is 6.08. The van der Waals surface area contributed by atoms with E-state index in [0.29, 0.717) is 0 Å². The zero-order chi connectivity index (χ0) is 23.3. The van der Waals surface area contributed by atoms with Crippen molar-refractivity contribution in [3.8, 4) is 22.5 Å². The van der Waals surface area contributed by atoms with E-state index in [1.165, 1.54) is 43.2 Å². The van der Waals surface area contributed by atoms with Crippen molar-refractivity contribution in [3.63, 3.8) is 0 Å². The molecule has 1 aromatic heterocycles. The van der Waals surface area contributed by atoms with Crippen molar-refractivity contribution in [1.29, 1.82) is 0 Å². The number of aryl methyl sites for hydroxylation is 2. The maximum absolute atomic E-state index is 10.6. The topological polar surface area (TPSA) is 63.1 Å². The highest BCUT2D eigenvalue weighted by Crippen LogP contribution is 2.22. The summed E-state index contributed by atoms with van der Waals surface area (Å²) in [5.41, 5.74) is 5.82. The summed E-state index contributed by atoms with van der Waals surface area (Å²) in [6, 6.07) is 17.2. The number of nitrogens with zero attached hydrogens (tertiary/aromatic N) is 2. The molecule has 174 valence electrons. The van der Waals surface area contributed by atoms with E-state index in [2.05, 4.69) is 65.4 Å². The Labute approximate surface area is 198 Å². The minimum atomic E-state index is -0.710. The minimum Gasteiger partial charge on any atom is -0.481 e. The molecule has 4 nitrogen and oxygen atoms in total. The molecule has 0 saturated carbocycles. The number of aliphatic carboxylic acids is 1. The van der Waals surface area contributed by atoms with Crippen molar-refractivity contribution >= 4 is 5.97 Å². The molecule has 0 unspecified atom stereocenters. The predicted molar refractivity (Wildman–Crippen MR) is 135 cm³/mol. The summed E-state index contributed by atoms with van der Waals surface area (Å²) in [5.74, 6) is 0.0454. The number of hydrogen-bond donors (Lipinski definition) is 1. The summed E-state index contributed by atoms with van der Waals surface area (Å²) in [6.45, 7) is 2.25. The maximum Gasteiger partial charge on any atom is 0.303 e. The summed E-state index contributed by atoms with van der Waals surface area (Å²) in [7, 11) is 0. The first kappa shape index (κ1) is 24.6. The van der Waals surface area contributed by atoms with Crippen LogP contribution in [0.3, 0.4) is 0 Å². The maximum atomic E-state index is 10.6. The normalized spacial score (nSPS) is 10.9. The first-order valence-electron chi connectivity index (χ1n) is 12.4. The van der Waals surface area contributed by atoms with Crippen LogP contribution in [0.5, 0.6) is 0 Å². The van der Waals surface area contributed by atoms with Crippen LogP contribution in [0.2, 0.25) is 0 Å². The molecule has 1 heterocycles. The van der Waals surface area contributed by atoms with Crippen LogP contribution in [0.1, 0.15) is 75.8 Å². The molecule has 4 heteroatoms. The number of carboxylic acids is 1. The number of unbranched alkanes of at least 4 members (excludes halogenated alkanes) is 6. The van der Waals surface area contributed by atoms with Gasteiger partial charge in [0.05, 0.1) is 0 Å². The van der Waals surface area contributed by atoms with E-state index in [1.54, 1.807) is 0 Å². The zero-order valence-electron chi connectivity index (χ0n) is 19.8. The highest BCUT2D eigenvalue weighted by Gasteiger charge is 2.05. The first-order valence-corrected chi connectivity index (χ1v) is 12.4. The predicted octanol–water partition coefficient (Wildman–Crippen LogP) is 7.51. The molecule has 2 aromatic carbocycles. The lowest BCUT2D eigenvalue weighted by Crippen LogP contribution is -1.94. The van der Waals surface area contributed by atoms with Gasteiger partial charge in [0.2, 0.25) is 0 Å². The molecule has 0 saturated heterocycles. The quantitative estimate of drug-likeness (QED) is 0.261. The molecule has 0 aliphatic carbocycles. The van der Waals surface area contributed by atoms with Gasteiger partial charge >= 0.3 is 5.97 Å². The molecule has 0 radical (unpaired) electrons. The van der Waals surface area contributed by atoms with Gasteiger partial charge in [-0.1, -0.05) is 87.6 Å². The molecular weight excluding hydrogens is 408 g/mol. The minimum absolute atomic E-state index is 0.262. The van der Waals surface area contributed by atoms with Crippen molar-refractivity contribution in [2.24, 2.45) is 0 Å². The highest BCUT2D eigenvalue weighted by molar-refractivity contribution is 5.66. The van der Waals surface area contributed by atoms with Gasteiger partial charge in [0.1, 0.15) is 0 Å². The Bertz CT molecular complexity index is 964. The van der Waals surface area contributed by atoms with E-state index in [0.717, 1.165) is 54.6 Å². The Balaban J connectivity index is 1.49. The average Bonchev–Trinajstić information content (AvgIpc) is 2.84. The number of benzene rings is 2. The Morgan fingerprint density at radius 2 is 1.18 bits per heavy atom. The van der Waals surface area contributed by atoms with Gasteiger partial charge in [0, 0.05) is 29.9 Å². The summed E-state index contributed by atoms with van der Waals surface area (Å²) in [5, 5.41) is 8.70.